The maximum Gasteiger partial charge on any atom is 0.0548 e. The number of halogens is 2. The fraction of sp³-hybridized carbons (Fsp3) is 0.571. The van der Waals surface area contributed by atoms with Crippen LogP contribution in [0.3, 0.4) is 0 Å². The molecule has 0 spiro atoms. The van der Waals surface area contributed by atoms with E-state index in [1.807, 2.05) is 6.07 Å². The molecular weight excluding hydrogens is 314 g/mol. The summed E-state index contributed by atoms with van der Waals surface area (Å²) in [5, 5.41) is 4.36. The molecule has 1 fully saturated rings. The molecule has 100 valence electrons. The third-order valence-electron chi connectivity index (χ3n) is 3.46. The van der Waals surface area contributed by atoms with Crippen molar-refractivity contribution >= 4 is 27.5 Å². The molecule has 0 aromatic heterocycles. The average Bonchev–Trinajstić information content (AvgIpc) is 2.40. The highest BCUT2D eigenvalue weighted by Gasteiger charge is 2.25. The minimum absolute atomic E-state index is 0.396. The summed E-state index contributed by atoms with van der Waals surface area (Å²) < 4.78 is 6.42. The van der Waals surface area contributed by atoms with Crippen molar-refractivity contribution in [1.29, 1.82) is 0 Å². The second-order valence-corrected chi connectivity index (χ2v) is 5.92. The fourth-order valence-corrected chi connectivity index (χ4v) is 3.05. The summed E-state index contributed by atoms with van der Waals surface area (Å²) in [6, 6.07) is 6.61. The molecule has 1 aromatic rings. The maximum absolute atomic E-state index is 6.06. The van der Waals surface area contributed by atoms with Gasteiger partial charge in [0.1, 0.15) is 0 Å². The molecule has 4 heteroatoms. The van der Waals surface area contributed by atoms with Gasteiger partial charge in [-0.2, -0.15) is 0 Å². The van der Waals surface area contributed by atoms with Crippen LogP contribution in [0.2, 0.25) is 5.02 Å². The maximum atomic E-state index is 6.06. The molecule has 18 heavy (non-hydrogen) atoms. The lowest BCUT2D eigenvalue weighted by Gasteiger charge is -2.31. The van der Waals surface area contributed by atoms with Gasteiger partial charge >= 0.3 is 0 Å². The number of hydrogen-bond acceptors (Lipinski definition) is 2. The molecule has 1 saturated heterocycles. The molecule has 2 rings (SSSR count). The van der Waals surface area contributed by atoms with Gasteiger partial charge in [0.15, 0.2) is 0 Å². The van der Waals surface area contributed by atoms with Crippen molar-refractivity contribution in [1.82, 2.24) is 5.32 Å². The molecule has 0 amide bonds. The van der Waals surface area contributed by atoms with Crippen molar-refractivity contribution in [2.24, 2.45) is 5.92 Å². The van der Waals surface area contributed by atoms with Gasteiger partial charge in [-0.15, -0.1) is 0 Å². The van der Waals surface area contributed by atoms with E-state index in [1.165, 1.54) is 5.56 Å². The Balaban J connectivity index is 2.19. The fourth-order valence-electron chi connectivity index (χ4n) is 2.53. The second kappa shape index (κ2) is 6.90. The van der Waals surface area contributed by atoms with Crippen molar-refractivity contribution in [3.05, 3.63) is 33.3 Å². The molecule has 0 saturated carbocycles. The average molecular weight is 333 g/mol. The predicted octanol–water partition coefficient (Wildman–Crippen LogP) is 4.18. The van der Waals surface area contributed by atoms with E-state index < -0.39 is 0 Å². The van der Waals surface area contributed by atoms with E-state index in [0.717, 1.165) is 42.1 Å². The van der Waals surface area contributed by atoms with Crippen LogP contribution in [0.15, 0.2) is 22.7 Å². The number of rotatable bonds is 4. The Kier molecular flexibility index (Phi) is 5.49. The second-order valence-electron chi connectivity index (χ2n) is 4.66. The molecule has 1 atom stereocenters. The zero-order valence-electron chi connectivity index (χ0n) is 10.6. The first-order valence-corrected chi connectivity index (χ1v) is 7.65. The molecule has 1 aromatic carbocycles. The zero-order chi connectivity index (χ0) is 13.0. The van der Waals surface area contributed by atoms with Gasteiger partial charge in [0.2, 0.25) is 0 Å². The molecule has 1 N–H and O–H groups in total. The molecule has 1 unspecified atom stereocenters. The molecule has 1 aliphatic rings. The van der Waals surface area contributed by atoms with Crippen molar-refractivity contribution in [2.75, 3.05) is 19.8 Å². The minimum atomic E-state index is 0.396. The van der Waals surface area contributed by atoms with Crippen LogP contribution in [0.1, 0.15) is 31.4 Å². The van der Waals surface area contributed by atoms with Gasteiger partial charge in [-0.05, 0) is 58.9 Å². The largest absolute Gasteiger partial charge is 0.381 e. The van der Waals surface area contributed by atoms with Gasteiger partial charge in [-0.1, -0.05) is 24.6 Å². The van der Waals surface area contributed by atoms with Gasteiger partial charge in [-0.25, -0.2) is 0 Å². The van der Waals surface area contributed by atoms with E-state index in [-0.39, 0.29) is 0 Å². The molecule has 0 radical (unpaired) electrons. The standard InChI is InChI=1S/C14H19BrClNO/c1-2-17-14(10-5-7-18-8-6-10)11-3-4-13(16)12(15)9-11/h3-4,9-10,14,17H,2,5-8H2,1H3. The van der Waals surface area contributed by atoms with Crippen LogP contribution < -0.4 is 5.32 Å². The highest BCUT2D eigenvalue weighted by molar-refractivity contribution is 9.10. The first-order valence-electron chi connectivity index (χ1n) is 6.48. The van der Waals surface area contributed by atoms with E-state index in [0.29, 0.717) is 12.0 Å². The van der Waals surface area contributed by atoms with Gasteiger partial charge in [0.25, 0.3) is 0 Å². The van der Waals surface area contributed by atoms with E-state index in [9.17, 15) is 0 Å². The normalized spacial score (nSPS) is 18.8. The lowest BCUT2D eigenvalue weighted by Crippen LogP contribution is -2.32. The molecular formula is C14H19BrClNO. The Morgan fingerprint density at radius 3 is 2.78 bits per heavy atom. The number of ether oxygens (including phenoxy) is 1. The molecule has 1 heterocycles. The molecule has 0 aliphatic carbocycles. The molecule has 0 bridgehead atoms. The van der Waals surface area contributed by atoms with Crippen LogP contribution >= 0.6 is 27.5 Å². The van der Waals surface area contributed by atoms with Gasteiger partial charge in [0.05, 0.1) is 5.02 Å². The van der Waals surface area contributed by atoms with Crippen LogP contribution in [-0.2, 0) is 4.74 Å². The highest BCUT2D eigenvalue weighted by atomic mass is 79.9. The van der Waals surface area contributed by atoms with Crippen LogP contribution in [0.5, 0.6) is 0 Å². The van der Waals surface area contributed by atoms with E-state index in [1.54, 1.807) is 0 Å². The Hall–Kier alpha value is -0.0900. The first kappa shape index (κ1) is 14.3. The van der Waals surface area contributed by atoms with Crippen molar-refractivity contribution in [3.63, 3.8) is 0 Å². The Morgan fingerprint density at radius 2 is 2.17 bits per heavy atom. The summed E-state index contributed by atoms with van der Waals surface area (Å²) in [6.07, 6.45) is 2.25. The van der Waals surface area contributed by atoms with Crippen molar-refractivity contribution < 1.29 is 4.74 Å². The smallest absolute Gasteiger partial charge is 0.0548 e. The van der Waals surface area contributed by atoms with E-state index >= 15 is 0 Å². The Labute approximate surface area is 122 Å². The summed E-state index contributed by atoms with van der Waals surface area (Å²) in [4.78, 5) is 0. The summed E-state index contributed by atoms with van der Waals surface area (Å²) in [5.41, 5.74) is 1.31. The van der Waals surface area contributed by atoms with Crippen LogP contribution in [0.4, 0.5) is 0 Å². The monoisotopic (exact) mass is 331 g/mol. The minimum Gasteiger partial charge on any atom is -0.381 e. The summed E-state index contributed by atoms with van der Waals surface area (Å²) in [7, 11) is 0. The topological polar surface area (TPSA) is 21.3 Å². The summed E-state index contributed by atoms with van der Waals surface area (Å²) in [5.74, 6) is 0.645. The number of nitrogens with one attached hydrogen (secondary N) is 1. The number of benzene rings is 1. The van der Waals surface area contributed by atoms with Crippen LogP contribution in [-0.4, -0.2) is 19.8 Å². The van der Waals surface area contributed by atoms with E-state index in [2.05, 4.69) is 40.3 Å². The SMILES string of the molecule is CCNC(c1ccc(Cl)c(Br)c1)C1CCOCC1. The van der Waals surface area contributed by atoms with Gasteiger partial charge in [0, 0.05) is 23.7 Å². The Bertz CT molecular complexity index is 393. The lowest BCUT2D eigenvalue weighted by atomic mass is 9.87. The highest BCUT2D eigenvalue weighted by Crippen LogP contribution is 2.33. The summed E-state index contributed by atoms with van der Waals surface area (Å²) in [6.45, 7) is 4.88. The Morgan fingerprint density at radius 1 is 1.44 bits per heavy atom. The molecule has 2 nitrogen and oxygen atoms in total. The third-order valence-corrected chi connectivity index (χ3v) is 4.68. The van der Waals surface area contributed by atoms with Gasteiger partial charge in [-0.3, -0.25) is 0 Å². The van der Waals surface area contributed by atoms with Gasteiger partial charge < -0.3 is 10.1 Å². The lowest BCUT2D eigenvalue weighted by molar-refractivity contribution is 0.0538. The molecule has 1 aliphatic heterocycles. The van der Waals surface area contributed by atoms with Crippen molar-refractivity contribution in [2.45, 2.75) is 25.8 Å². The predicted molar refractivity (Wildman–Crippen MR) is 79.1 cm³/mol. The first-order chi connectivity index (χ1) is 8.72. The zero-order valence-corrected chi connectivity index (χ0v) is 12.9. The van der Waals surface area contributed by atoms with E-state index in [4.69, 9.17) is 16.3 Å². The van der Waals surface area contributed by atoms with Crippen molar-refractivity contribution in [3.8, 4) is 0 Å². The van der Waals surface area contributed by atoms with Crippen LogP contribution in [0.25, 0.3) is 0 Å². The third kappa shape index (κ3) is 3.47. The summed E-state index contributed by atoms with van der Waals surface area (Å²) >= 11 is 9.57. The number of hydrogen-bond donors (Lipinski definition) is 1. The quantitative estimate of drug-likeness (QED) is 0.893. The van der Waals surface area contributed by atoms with Crippen LogP contribution in [0, 0.1) is 5.92 Å².